The summed E-state index contributed by atoms with van der Waals surface area (Å²) in [5, 5.41) is 9.34. The van der Waals surface area contributed by atoms with Crippen LogP contribution in [0.3, 0.4) is 0 Å². The zero-order chi connectivity index (χ0) is 16.0. The third-order valence-electron chi connectivity index (χ3n) is 3.90. The molecule has 0 aliphatic carbocycles. The predicted molar refractivity (Wildman–Crippen MR) is 104 cm³/mol. The Morgan fingerprint density at radius 2 is 1.96 bits per heavy atom. The summed E-state index contributed by atoms with van der Waals surface area (Å²) < 4.78 is 3.11. The van der Waals surface area contributed by atoms with Crippen LogP contribution in [0.2, 0.25) is 10.0 Å². The molecule has 0 saturated carbocycles. The first-order valence-corrected chi connectivity index (χ1v) is 9.04. The van der Waals surface area contributed by atoms with Crippen molar-refractivity contribution in [1.29, 1.82) is 0 Å². The van der Waals surface area contributed by atoms with E-state index in [1.165, 1.54) is 9.13 Å². The zero-order valence-corrected chi connectivity index (χ0v) is 15.7. The van der Waals surface area contributed by atoms with Crippen molar-refractivity contribution in [1.82, 2.24) is 9.78 Å². The Hall–Kier alpha value is -1.24. The van der Waals surface area contributed by atoms with Crippen molar-refractivity contribution in [2.75, 3.05) is 11.9 Å². The van der Waals surface area contributed by atoms with Gasteiger partial charge in [-0.25, -0.2) is 4.68 Å². The fourth-order valence-corrected chi connectivity index (χ4v) is 3.68. The molecular weight excluding hydrogens is 444 g/mol. The molecule has 6 heteroatoms. The van der Waals surface area contributed by atoms with Gasteiger partial charge in [0, 0.05) is 21.2 Å². The van der Waals surface area contributed by atoms with E-state index in [0.29, 0.717) is 10.0 Å². The van der Waals surface area contributed by atoms with Crippen molar-refractivity contribution in [2.45, 2.75) is 6.42 Å². The fourth-order valence-electron chi connectivity index (χ4n) is 2.85. The lowest BCUT2D eigenvalue weighted by Gasteiger charge is -2.07. The van der Waals surface area contributed by atoms with E-state index in [-0.39, 0.29) is 0 Å². The molecule has 4 rings (SSSR count). The molecule has 2 heterocycles. The molecule has 0 fully saturated rings. The van der Waals surface area contributed by atoms with E-state index in [0.717, 1.165) is 35.7 Å². The van der Waals surface area contributed by atoms with E-state index in [1.807, 2.05) is 16.8 Å². The summed E-state index contributed by atoms with van der Waals surface area (Å²) in [6.07, 6.45) is 0.970. The second-order valence-corrected chi connectivity index (χ2v) is 7.43. The predicted octanol–water partition coefficient (Wildman–Crippen LogP) is 5.42. The van der Waals surface area contributed by atoms with Gasteiger partial charge in [0.25, 0.3) is 0 Å². The van der Waals surface area contributed by atoms with Crippen LogP contribution in [0.25, 0.3) is 16.9 Å². The molecule has 0 amide bonds. The summed E-state index contributed by atoms with van der Waals surface area (Å²) in [5.41, 5.74) is 4.31. The molecule has 1 N–H and O–H groups in total. The molecule has 0 saturated heterocycles. The number of hydrogen-bond donors (Lipinski definition) is 1. The Morgan fingerprint density at radius 1 is 1.09 bits per heavy atom. The Kier molecular flexibility index (Phi) is 3.99. The first kappa shape index (κ1) is 15.3. The zero-order valence-electron chi connectivity index (χ0n) is 12.0. The van der Waals surface area contributed by atoms with E-state index in [2.05, 4.69) is 52.2 Å². The summed E-state index contributed by atoms with van der Waals surface area (Å²) in [4.78, 5) is 0. The molecule has 0 bridgehead atoms. The van der Waals surface area contributed by atoms with Crippen LogP contribution in [-0.4, -0.2) is 16.3 Å². The van der Waals surface area contributed by atoms with Crippen LogP contribution in [0.1, 0.15) is 5.56 Å². The van der Waals surface area contributed by atoms with E-state index in [9.17, 15) is 0 Å². The van der Waals surface area contributed by atoms with Gasteiger partial charge in [-0.05, 0) is 59.3 Å². The van der Waals surface area contributed by atoms with Gasteiger partial charge in [0.05, 0.1) is 21.4 Å². The highest BCUT2D eigenvalue weighted by Crippen LogP contribution is 2.36. The van der Waals surface area contributed by atoms with Gasteiger partial charge in [0.15, 0.2) is 0 Å². The van der Waals surface area contributed by atoms with Gasteiger partial charge in [0.2, 0.25) is 0 Å². The maximum Gasteiger partial charge on any atom is 0.133 e. The van der Waals surface area contributed by atoms with Crippen molar-refractivity contribution in [3.8, 4) is 16.9 Å². The molecule has 3 aromatic rings. The SMILES string of the molecule is Clc1ccc(-n2nc(-c3cccc(I)c3)c3c2NCC3)cc1Cl. The minimum atomic E-state index is 0.530. The van der Waals surface area contributed by atoms with Crippen molar-refractivity contribution in [2.24, 2.45) is 0 Å². The summed E-state index contributed by atoms with van der Waals surface area (Å²) in [7, 11) is 0. The van der Waals surface area contributed by atoms with Crippen molar-refractivity contribution < 1.29 is 0 Å². The van der Waals surface area contributed by atoms with Gasteiger partial charge < -0.3 is 5.32 Å². The molecule has 0 spiro atoms. The number of halogens is 3. The maximum atomic E-state index is 6.16. The number of aromatic nitrogens is 2. The first-order chi connectivity index (χ1) is 11.1. The monoisotopic (exact) mass is 455 g/mol. The minimum absolute atomic E-state index is 0.530. The molecule has 0 radical (unpaired) electrons. The lowest BCUT2D eigenvalue weighted by molar-refractivity contribution is 0.882. The highest BCUT2D eigenvalue weighted by Gasteiger charge is 2.24. The fraction of sp³-hybridized carbons (Fsp3) is 0.118. The third kappa shape index (κ3) is 2.73. The van der Waals surface area contributed by atoms with Crippen LogP contribution in [0, 0.1) is 3.57 Å². The average molecular weight is 456 g/mol. The Balaban J connectivity index is 1.89. The van der Waals surface area contributed by atoms with Gasteiger partial charge in [-0.1, -0.05) is 35.3 Å². The van der Waals surface area contributed by atoms with E-state index < -0.39 is 0 Å². The molecule has 1 aliphatic heterocycles. The summed E-state index contributed by atoms with van der Waals surface area (Å²) >= 11 is 14.5. The molecule has 2 aromatic carbocycles. The van der Waals surface area contributed by atoms with Crippen LogP contribution in [0.4, 0.5) is 5.82 Å². The van der Waals surface area contributed by atoms with Crippen LogP contribution in [0.5, 0.6) is 0 Å². The van der Waals surface area contributed by atoms with Gasteiger partial charge in [-0.3, -0.25) is 0 Å². The van der Waals surface area contributed by atoms with Crippen LogP contribution < -0.4 is 5.32 Å². The summed E-state index contributed by atoms with van der Waals surface area (Å²) in [6, 6.07) is 14.0. The molecule has 0 atom stereocenters. The number of hydrogen-bond acceptors (Lipinski definition) is 2. The van der Waals surface area contributed by atoms with Gasteiger partial charge in [0.1, 0.15) is 5.82 Å². The van der Waals surface area contributed by atoms with E-state index >= 15 is 0 Å². The number of rotatable bonds is 2. The van der Waals surface area contributed by atoms with Crippen LogP contribution in [-0.2, 0) is 6.42 Å². The quantitative estimate of drug-likeness (QED) is 0.523. The highest BCUT2D eigenvalue weighted by molar-refractivity contribution is 14.1. The first-order valence-electron chi connectivity index (χ1n) is 7.20. The summed E-state index contributed by atoms with van der Waals surface area (Å²) in [6.45, 7) is 0.922. The van der Waals surface area contributed by atoms with Crippen LogP contribution in [0.15, 0.2) is 42.5 Å². The van der Waals surface area contributed by atoms with Gasteiger partial charge >= 0.3 is 0 Å². The van der Waals surface area contributed by atoms with Gasteiger partial charge in [-0.2, -0.15) is 5.10 Å². The second kappa shape index (κ2) is 6.00. The average Bonchev–Trinajstić information content (AvgIpc) is 3.12. The Morgan fingerprint density at radius 3 is 2.74 bits per heavy atom. The Bertz CT molecular complexity index is 905. The third-order valence-corrected chi connectivity index (χ3v) is 5.31. The van der Waals surface area contributed by atoms with Gasteiger partial charge in [-0.15, -0.1) is 0 Å². The Labute approximate surface area is 157 Å². The molecule has 1 aliphatic rings. The number of benzene rings is 2. The molecular formula is C17H12Cl2IN3. The van der Waals surface area contributed by atoms with Crippen LogP contribution >= 0.6 is 45.8 Å². The molecule has 23 heavy (non-hydrogen) atoms. The van der Waals surface area contributed by atoms with E-state index in [4.69, 9.17) is 28.3 Å². The summed E-state index contributed by atoms with van der Waals surface area (Å²) in [5.74, 6) is 1.04. The lowest BCUT2D eigenvalue weighted by atomic mass is 10.1. The number of anilines is 1. The standard InChI is InChI=1S/C17H12Cl2IN3/c18-14-5-4-12(9-15(14)19)23-17-13(6-7-21-17)16(22-23)10-2-1-3-11(20)8-10/h1-5,8-9,21H,6-7H2. The molecule has 3 nitrogen and oxygen atoms in total. The number of fused-ring (bicyclic) bond motifs is 1. The normalized spacial score (nSPS) is 13.0. The second-order valence-electron chi connectivity index (χ2n) is 5.37. The number of nitrogens with zero attached hydrogens (tertiary/aromatic N) is 2. The smallest absolute Gasteiger partial charge is 0.133 e. The maximum absolute atomic E-state index is 6.16. The van der Waals surface area contributed by atoms with Crippen molar-refractivity contribution in [3.05, 3.63) is 61.6 Å². The van der Waals surface area contributed by atoms with E-state index in [1.54, 1.807) is 6.07 Å². The highest BCUT2D eigenvalue weighted by atomic mass is 127. The topological polar surface area (TPSA) is 29.9 Å². The van der Waals surface area contributed by atoms with Crippen molar-refractivity contribution in [3.63, 3.8) is 0 Å². The van der Waals surface area contributed by atoms with Crippen molar-refractivity contribution >= 4 is 51.6 Å². The lowest BCUT2D eigenvalue weighted by Crippen LogP contribution is -2.04. The molecule has 116 valence electrons. The number of nitrogens with one attached hydrogen (secondary N) is 1. The molecule has 0 unspecified atom stereocenters. The minimum Gasteiger partial charge on any atom is -0.369 e. The largest absolute Gasteiger partial charge is 0.369 e. The molecule has 1 aromatic heterocycles.